The van der Waals surface area contributed by atoms with Gasteiger partial charge in [-0.3, -0.25) is 0 Å². The van der Waals surface area contributed by atoms with Crippen LogP contribution in [0.2, 0.25) is 0 Å². The minimum absolute atomic E-state index is 0.0702. The van der Waals surface area contributed by atoms with Gasteiger partial charge in [-0.2, -0.15) is 0 Å². The molecule has 0 aliphatic carbocycles. The van der Waals surface area contributed by atoms with Crippen molar-refractivity contribution in [3.8, 4) is 0 Å². The van der Waals surface area contributed by atoms with Crippen LogP contribution in [0.4, 0.5) is 0 Å². The number of benzene rings is 1. The standard InChI is InChI=1S/C14H17N3/c1-10-5-11(2)7-12(6-10)8-13(15)14-3-4-16-9-17-14/h3-7,9,13H,8,15H2,1-2H3. The van der Waals surface area contributed by atoms with Gasteiger partial charge in [0.25, 0.3) is 0 Å². The summed E-state index contributed by atoms with van der Waals surface area (Å²) < 4.78 is 0. The first-order valence-corrected chi connectivity index (χ1v) is 5.74. The van der Waals surface area contributed by atoms with Gasteiger partial charge in [-0.05, 0) is 31.9 Å². The lowest BCUT2D eigenvalue weighted by atomic mass is 10.00. The molecule has 2 N–H and O–H groups in total. The summed E-state index contributed by atoms with van der Waals surface area (Å²) in [6, 6.07) is 8.31. The van der Waals surface area contributed by atoms with Crippen LogP contribution in [0.25, 0.3) is 0 Å². The van der Waals surface area contributed by atoms with Crippen LogP contribution < -0.4 is 5.73 Å². The molecule has 1 heterocycles. The molecule has 0 bridgehead atoms. The van der Waals surface area contributed by atoms with E-state index in [0.29, 0.717) is 0 Å². The first kappa shape index (κ1) is 11.7. The summed E-state index contributed by atoms with van der Waals surface area (Å²) >= 11 is 0. The highest BCUT2D eigenvalue weighted by molar-refractivity contribution is 5.29. The molecule has 0 aliphatic heterocycles. The molecular formula is C14H17N3. The Labute approximate surface area is 102 Å². The minimum atomic E-state index is -0.0702. The second kappa shape index (κ2) is 5.06. The molecule has 1 atom stereocenters. The maximum Gasteiger partial charge on any atom is 0.115 e. The Kier molecular flexibility index (Phi) is 3.49. The lowest BCUT2D eigenvalue weighted by Gasteiger charge is -2.11. The quantitative estimate of drug-likeness (QED) is 0.875. The van der Waals surface area contributed by atoms with Crippen LogP contribution in [0.5, 0.6) is 0 Å². The second-order valence-corrected chi connectivity index (χ2v) is 4.44. The number of hydrogen-bond acceptors (Lipinski definition) is 3. The van der Waals surface area contributed by atoms with E-state index in [9.17, 15) is 0 Å². The van der Waals surface area contributed by atoms with Crippen molar-refractivity contribution in [2.24, 2.45) is 5.73 Å². The number of nitrogens with two attached hydrogens (primary N) is 1. The third kappa shape index (κ3) is 3.11. The van der Waals surface area contributed by atoms with Crippen molar-refractivity contribution in [3.63, 3.8) is 0 Å². The molecule has 2 rings (SSSR count). The van der Waals surface area contributed by atoms with Crippen LogP contribution in [0, 0.1) is 13.8 Å². The predicted octanol–water partition coefficient (Wildman–Crippen LogP) is 2.34. The molecule has 1 aromatic heterocycles. The molecule has 17 heavy (non-hydrogen) atoms. The van der Waals surface area contributed by atoms with Crippen molar-refractivity contribution in [1.29, 1.82) is 0 Å². The van der Waals surface area contributed by atoms with E-state index in [4.69, 9.17) is 5.73 Å². The highest BCUT2D eigenvalue weighted by Gasteiger charge is 2.08. The Balaban J connectivity index is 2.16. The first-order chi connectivity index (χ1) is 8.15. The first-order valence-electron chi connectivity index (χ1n) is 5.74. The van der Waals surface area contributed by atoms with E-state index in [1.54, 1.807) is 6.20 Å². The van der Waals surface area contributed by atoms with Crippen molar-refractivity contribution in [1.82, 2.24) is 9.97 Å². The average Bonchev–Trinajstić information content (AvgIpc) is 2.28. The van der Waals surface area contributed by atoms with Gasteiger partial charge in [0.2, 0.25) is 0 Å². The summed E-state index contributed by atoms with van der Waals surface area (Å²) in [6.07, 6.45) is 4.07. The van der Waals surface area contributed by atoms with Crippen LogP contribution in [0.1, 0.15) is 28.4 Å². The Bertz CT molecular complexity index is 474. The van der Waals surface area contributed by atoms with E-state index in [1.165, 1.54) is 23.0 Å². The molecule has 3 heteroatoms. The molecule has 1 aromatic carbocycles. The largest absolute Gasteiger partial charge is 0.322 e. The molecule has 2 aromatic rings. The minimum Gasteiger partial charge on any atom is -0.322 e. The van der Waals surface area contributed by atoms with Crippen molar-refractivity contribution < 1.29 is 0 Å². The number of nitrogens with zero attached hydrogens (tertiary/aromatic N) is 2. The fraction of sp³-hybridized carbons (Fsp3) is 0.286. The topological polar surface area (TPSA) is 51.8 Å². The third-order valence-electron chi connectivity index (χ3n) is 2.72. The van der Waals surface area contributed by atoms with Gasteiger partial charge in [-0.1, -0.05) is 29.3 Å². The van der Waals surface area contributed by atoms with E-state index in [-0.39, 0.29) is 6.04 Å². The third-order valence-corrected chi connectivity index (χ3v) is 2.72. The number of hydrogen-bond donors (Lipinski definition) is 1. The molecular weight excluding hydrogens is 210 g/mol. The zero-order valence-electron chi connectivity index (χ0n) is 10.2. The predicted molar refractivity (Wildman–Crippen MR) is 68.6 cm³/mol. The van der Waals surface area contributed by atoms with Crippen LogP contribution in [-0.2, 0) is 6.42 Å². The van der Waals surface area contributed by atoms with Crippen molar-refractivity contribution >= 4 is 0 Å². The van der Waals surface area contributed by atoms with Crippen LogP contribution in [0.3, 0.4) is 0 Å². The summed E-state index contributed by atoms with van der Waals surface area (Å²) in [4.78, 5) is 8.08. The highest BCUT2D eigenvalue weighted by Crippen LogP contribution is 2.16. The number of rotatable bonds is 3. The molecule has 0 radical (unpaired) electrons. The van der Waals surface area contributed by atoms with Gasteiger partial charge in [0.1, 0.15) is 6.33 Å². The zero-order chi connectivity index (χ0) is 12.3. The van der Waals surface area contributed by atoms with E-state index in [2.05, 4.69) is 42.0 Å². The summed E-state index contributed by atoms with van der Waals surface area (Å²) in [7, 11) is 0. The Hall–Kier alpha value is -1.74. The molecule has 0 saturated carbocycles. The van der Waals surface area contributed by atoms with Gasteiger partial charge in [-0.25, -0.2) is 9.97 Å². The molecule has 88 valence electrons. The summed E-state index contributed by atoms with van der Waals surface area (Å²) in [5.41, 5.74) is 10.8. The monoisotopic (exact) mass is 227 g/mol. The molecule has 1 unspecified atom stereocenters. The lowest BCUT2D eigenvalue weighted by molar-refractivity contribution is 0.692. The molecule has 0 amide bonds. The summed E-state index contributed by atoms with van der Waals surface area (Å²) in [5, 5.41) is 0. The Morgan fingerprint density at radius 3 is 2.47 bits per heavy atom. The molecule has 0 fully saturated rings. The average molecular weight is 227 g/mol. The van der Waals surface area contributed by atoms with Crippen LogP contribution in [0.15, 0.2) is 36.8 Å². The van der Waals surface area contributed by atoms with Crippen LogP contribution >= 0.6 is 0 Å². The molecule has 3 nitrogen and oxygen atoms in total. The van der Waals surface area contributed by atoms with Crippen molar-refractivity contribution in [2.75, 3.05) is 0 Å². The van der Waals surface area contributed by atoms with E-state index >= 15 is 0 Å². The van der Waals surface area contributed by atoms with E-state index < -0.39 is 0 Å². The summed E-state index contributed by atoms with van der Waals surface area (Å²) in [5.74, 6) is 0. The number of aryl methyl sites for hydroxylation is 2. The lowest BCUT2D eigenvalue weighted by Crippen LogP contribution is -2.15. The van der Waals surface area contributed by atoms with Gasteiger partial charge >= 0.3 is 0 Å². The van der Waals surface area contributed by atoms with Gasteiger partial charge in [0.05, 0.1) is 11.7 Å². The molecule has 0 saturated heterocycles. The molecule has 0 spiro atoms. The summed E-state index contributed by atoms with van der Waals surface area (Å²) in [6.45, 7) is 4.21. The van der Waals surface area contributed by atoms with E-state index in [0.717, 1.165) is 12.1 Å². The smallest absolute Gasteiger partial charge is 0.115 e. The maximum atomic E-state index is 6.14. The Morgan fingerprint density at radius 1 is 1.18 bits per heavy atom. The second-order valence-electron chi connectivity index (χ2n) is 4.44. The van der Waals surface area contributed by atoms with Gasteiger partial charge in [0.15, 0.2) is 0 Å². The SMILES string of the molecule is Cc1cc(C)cc(CC(N)c2ccncn2)c1. The van der Waals surface area contributed by atoms with Gasteiger partial charge < -0.3 is 5.73 Å². The van der Waals surface area contributed by atoms with E-state index in [1.807, 2.05) is 6.07 Å². The van der Waals surface area contributed by atoms with Crippen molar-refractivity contribution in [3.05, 3.63) is 59.2 Å². The highest BCUT2D eigenvalue weighted by atomic mass is 14.8. The van der Waals surface area contributed by atoms with Gasteiger partial charge in [-0.15, -0.1) is 0 Å². The number of aromatic nitrogens is 2. The normalized spacial score (nSPS) is 12.4. The van der Waals surface area contributed by atoms with Gasteiger partial charge in [0, 0.05) is 6.20 Å². The zero-order valence-corrected chi connectivity index (χ0v) is 10.2. The van der Waals surface area contributed by atoms with Crippen molar-refractivity contribution in [2.45, 2.75) is 26.3 Å². The maximum absolute atomic E-state index is 6.14. The fourth-order valence-electron chi connectivity index (χ4n) is 2.07. The Morgan fingerprint density at radius 2 is 1.88 bits per heavy atom. The van der Waals surface area contributed by atoms with Crippen LogP contribution in [-0.4, -0.2) is 9.97 Å². The molecule has 0 aliphatic rings. The fourth-order valence-corrected chi connectivity index (χ4v) is 2.07.